The Morgan fingerprint density at radius 1 is 0.977 bits per heavy atom. The highest BCUT2D eigenvalue weighted by Gasteiger charge is 2.20. The topological polar surface area (TPSA) is 92.3 Å². The Bertz CT molecular complexity index is 1450. The van der Waals surface area contributed by atoms with Gasteiger partial charge in [-0.15, -0.1) is 0 Å². The number of ether oxygens (including phenoxy) is 3. The molecule has 10 nitrogen and oxygen atoms in total. The van der Waals surface area contributed by atoms with Crippen LogP contribution in [0.25, 0.3) is 0 Å². The predicted molar refractivity (Wildman–Crippen MR) is 173 cm³/mol. The highest BCUT2D eigenvalue weighted by Crippen LogP contribution is 2.28. The van der Waals surface area contributed by atoms with Gasteiger partial charge in [0.2, 0.25) is 5.95 Å². The predicted octanol–water partition coefficient (Wildman–Crippen LogP) is 4.66. The Balaban J connectivity index is 1.27. The summed E-state index contributed by atoms with van der Waals surface area (Å²) in [6.45, 7) is 16.2. The van der Waals surface area contributed by atoms with Gasteiger partial charge >= 0.3 is 0 Å². The monoisotopic (exact) mass is 600 g/mol. The molecule has 0 saturated carbocycles. The number of anilines is 3. The van der Waals surface area contributed by atoms with Gasteiger partial charge in [0.05, 0.1) is 13.2 Å². The number of nitrogens with zero attached hydrogens (tertiary/aromatic N) is 5. The summed E-state index contributed by atoms with van der Waals surface area (Å²) in [5.41, 5.74) is 4.90. The van der Waals surface area contributed by atoms with E-state index in [0.717, 1.165) is 78.7 Å². The van der Waals surface area contributed by atoms with E-state index in [9.17, 15) is 4.79 Å². The van der Waals surface area contributed by atoms with Crippen LogP contribution >= 0.6 is 0 Å². The summed E-state index contributed by atoms with van der Waals surface area (Å²) < 4.78 is 18.3. The van der Waals surface area contributed by atoms with Crippen molar-refractivity contribution in [3.05, 3.63) is 77.0 Å². The summed E-state index contributed by atoms with van der Waals surface area (Å²) in [5.74, 6) is 2.22. The smallest absolute Gasteiger partial charge is 0.266 e. The average Bonchev–Trinajstić information content (AvgIpc) is 3.03. The van der Waals surface area contributed by atoms with E-state index in [-0.39, 0.29) is 12.5 Å². The lowest BCUT2D eigenvalue weighted by atomic mass is 10.1. The number of carbonyl (C=O) groups excluding carboxylic acids is 1. The van der Waals surface area contributed by atoms with Crippen molar-refractivity contribution in [1.82, 2.24) is 19.8 Å². The summed E-state index contributed by atoms with van der Waals surface area (Å²) in [7, 11) is 0. The van der Waals surface area contributed by atoms with E-state index in [1.807, 2.05) is 57.2 Å². The van der Waals surface area contributed by atoms with E-state index in [0.29, 0.717) is 38.1 Å². The zero-order valence-corrected chi connectivity index (χ0v) is 26.3. The van der Waals surface area contributed by atoms with Gasteiger partial charge in [0.1, 0.15) is 23.9 Å². The number of aromatic nitrogens is 2. The molecule has 1 N–H and O–H groups in total. The first kappa shape index (κ1) is 31.4. The summed E-state index contributed by atoms with van der Waals surface area (Å²) in [6.07, 6.45) is 5.48. The van der Waals surface area contributed by atoms with Crippen LogP contribution < -0.4 is 19.7 Å². The molecule has 2 aromatic carbocycles. The van der Waals surface area contributed by atoms with Crippen LogP contribution in [0, 0.1) is 20.8 Å². The molecule has 44 heavy (non-hydrogen) atoms. The summed E-state index contributed by atoms with van der Waals surface area (Å²) in [5, 5.41) is 3.29. The molecule has 0 radical (unpaired) electrons. The molecule has 10 heteroatoms. The molecule has 1 fully saturated rings. The molecule has 3 aromatic rings. The lowest BCUT2D eigenvalue weighted by Gasteiger charge is -2.33. The van der Waals surface area contributed by atoms with Crippen LogP contribution in [0.4, 0.5) is 17.5 Å². The fourth-order valence-corrected chi connectivity index (χ4v) is 5.38. The number of benzene rings is 2. The van der Waals surface area contributed by atoms with Crippen molar-refractivity contribution in [3.63, 3.8) is 0 Å². The molecule has 0 unspecified atom stereocenters. The number of nitrogens with one attached hydrogen (secondary N) is 1. The van der Waals surface area contributed by atoms with Crippen molar-refractivity contribution < 1.29 is 19.0 Å². The third-order valence-corrected chi connectivity index (χ3v) is 8.25. The second kappa shape index (κ2) is 15.1. The first-order valence-corrected chi connectivity index (χ1v) is 15.4. The zero-order valence-electron chi connectivity index (χ0n) is 26.3. The first-order chi connectivity index (χ1) is 21.4. The normalized spacial score (nSPS) is 17.0. The van der Waals surface area contributed by atoms with Gasteiger partial charge in [0.25, 0.3) is 5.91 Å². The molecular weight excluding hydrogens is 556 g/mol. The van der Waals surface area contributed by atoms with Crippen LogP contribution in [0.1, 0.15) is 29.2 Å². The van der Waals surface area contributed by atoms with E-state index in [2.05, 4.69) is 38.1 Å². The molecule has 3 heterocycles. The minimum atomic E-state index is -0.205. The van der Waals surface area contributed by atoms with Gasteiger partial charge in [0.15, 0.2) is 6.61 Å². The van der Waals surface area contributed by atoms with Crippen molar-refractivity contribution >= 4 is 23.4 Å². The molecule has 0 atom stereocenters. The minimum absolute atomic E-state index is 0.109. The number of aryl methyl sites for hydroxylation is 2. The second-order valence-corrected chi connectivity index (χ2v) is 11.2. The van der Waals surface area contributed by atoms with Crippen LogP contribution in [0.3, 0.4) is 0 Å². The Morgan fingerprint density at radius 3 is 2.59 bits per heavy atom. The standard InChI is InChI=1S/C34H44N6O4/c1-5-38-15-17-39(18-16-38)19-21-43-30-11-10-29-22-28(30)23-42-20-7-6-14-40(31-12-13-35-34(36-29)37-31)32(41)24-44-33-26(3)9-8-25(2)27(33)4/h6-13,22H,5,14-21,23-24H2,1-4H3,(H,35,36,37)/b7-6+. The number of hydrogen-bond donors (Lipinski definition) is 1. The van der Waals surface area contributed by atoms with Gasteiger partial charge in [-0.1, -0.05) is 31.2 Å². The number of piperazine rings is 1. The summed E-state index contributed by atoms with van der Waals surface area (Å²) in [6, 6.07) is 11.7. The van der Waals surface area contributed by atoms with Gasteiger partial charge in [-0.05, 0) is 68.3 Å². The largest absolute Gasteiger partial charge is 0.492 e. The number of amides is 1. The van der Waals surface area contributed by atoms with E-state index in [1.165, 1.54) is 0 Å². The van der Waals surface area contributed by atoms with Crippen molar-refractivity contribution in [1.29, 1.82) is 0 Å². The molecule has 5 rings (SSSR count). The molecule has 234 valence electrons. The van der Waals surface area contributed by atoms with Crippen molar-refractivity contribution in [2.75, 3.05) is 75.9 Å². The van der Waals surface area contributed by atoms with Gasteiger partial charge in [-0.2, -0.15) is 4.98 Å². The molecule has 1 aromatic heterocycles. The lowest BCUT2D eigenvalue weighted by Crippen LogP contribution is -2.47. The zero-order chi connectivity index (χ0) is 30.9. The van der Waals surface area contributed by atoms with Crippen LogP contribution in [-0.4, -0.2) is 91.3 Å². The molecule has 2 aliphatic rings. The maximum Gasteiger partial charge on any atom is 0.266 e. The Hall–Kier alpha value is -3.99. The van der Waals surface area contributed by atoms with Gasteiger partial charge < -0.3 is 24.4 Å². The van der Waals surface area contributed by atoms with Gasteiger partial charge in [-0.25, -0.2) is 4.98 Å². The molecule has 0 spiro atoms. The Morgan fingerprint density at radius 2 is 1.77 bits per heavy atom. The van der Waals surface area contributed by atoms with E-state index in [1.54, 1.807) is 17.2 Å². The summed E-state index contributed by atoms with van der Waals surface area (Å²) in [4.78, 5) is 29.1. The lowest BCUT2D eigenvalue weighted by molar-refractivity contribution is -0.120. The van der Waals surface area contributed by atoms with E-state index in [4.69, 9.17) is 14.2 Å². The summed E-state index contributed by atoms with van der Waals surface area (Å²) >= 11 is 0. The first-order valence-electron chi connectivity index (χ1n) is 15.4. The molecule has 4 bridgehead atoms. The molecule has 2 aliphatic heterocycles. The van der Waals surface area contributed by atoms with Crippen LogP contribution in [0.2, 0.25) is 0 Å². The number of carbonyl (C=O) groups is 1. The SMILES string of the molecule is CCN1CCN(CCOc2ccc3cc2COC/C=C/CN(C(=O)COc2c(C)ccc(C)c2C)c2ccnc(n2)N3)CC1. The minimum Gasteiger partial charge on any atom is -0.492 e. The van der Waals surface area contributed by atoms with Crippen LogP contribution in [0.15, 0.2) is 54.7 Å². The second-order valence-electron chi connectivity index (χ2n) is 11.2. The van der Waals surface area contributed by atoms with Crippen LogP contribution in [0.5, 0.6) is 11.5 Å². The Labute approximate surface area is 260 Å². The molecule has 1 amide bonds. The van der Waals surface area contributed by atoms with E-state index < -0.39 is 0 Å². The number of rotatable bonds is 8. The van der Waals surface area contributed by atoms with Crippen molar-refractivity contribution in [2.24, 2.45) is 0 Å². The number of fused-ring (bicyclic) bond motifs is 4. The molecule has 0 aliphatic carbocycles. The number of hydrogen-bond acceptors (Lipinski definition) is 9. The average molecular weight is 601 g/mol. The van der Waals surface area contributed by atoms with Gasteiger partial charge in [-0.3, -0.25) is 14.6 Å². The molecule has 1 saturated heterocycles. The van der Waals surface area contributed by atoms with Crippen LogP contribution in [-0.2, 0) is 16.1 Å². The highest BCUT2D eigenvalue weighted by molar-refractivity contribution is 5.94. The van der Waals surface area contributed by atoms with Gasteiger partial charge in [0, 0.05) is 56.7 Å². The van der Waals surface area contributed by atoms with Crippen molar-refractivity contribution in [2.45, 2.75) is 34.3 Å². The third-order valence-electron chi connectivity index (χ3n) is 8.25. The quantitative estimate of drug-likeness (QED) is 0.371. The maximum absolute atomic E-state index is 13.5. The molecular formula is C34H44N6O4. The van der Waals surface area contributed by atoms with E-state index >= 15 is 0 Å². The Kier molecular flexibility index (Phi) is 10.8. The fraction of sp³-hybridized carbons (Fsp3) is 0.441. The highest BCUT2D eigenvalue weighted by atomic mass is 16.5. The third kappa shape index (κ3) is 8.13. The van der Waals surface area contributed by atoms with Crippen molar-refractivity contribution in [3.8, 4) is 11.5 Å². The number of likely N-dealkylation sites (N-methyl/N-ethyl adjacent to an activating group) is 1. The fourth-order valence-electron chi connectivity index (χ4n) is 5.38. The maximum atomic E-state index is 13.5.